The van der Waals surface area contributed by atoms with Crippen LogP contribution in [-0.2, 0) is 9.59 Å². The Kier molecular flexibility index (Phi) is 6.55. The molecule has 2 aliphatic heterocycles. The molecule has 2 fully saturated rings. The fourth-order valence-electron chi connectivity index (χ4n) is 4.18. The molecular weight excluding hydrogens is 390 g/mol. The van der Waals surface area contributed by atoms with Gasteiger partial charge in [0, 0.05) is 49.5 Å². The Hall–Kier alpha value is -3.28. The summed E-state index contributed by atoms with van der Waals surface area (Å²) in [5.41, 5.74) is 3.05. The lowest BCUT2D eigenvalue weighted by atomic mass is 10.0. The average Bonchev–Trinajstić information content (AvgIpc) is 3.24. The zero-order valence-electron chi connectivity index (χ0n) is 17.9. The molecule has 2 aliphatic rings. The Morgan fingerprint density at radius 2 is 1.68 bits per heavy atom. The number of hydrogen-bond donors (Lipinski definition) is 1. The molecule has 0 radical (unpaired) electrons. The average molecular weight is 420 g/mol. The Morgan fingerprint density at radius 3 is 2.29 bits per heavy atom. The van der Waals surface area contributed by atoms with Gasteiger partial charge in [0.15, 0.2) is 0 Å². The number of carbonyl (C=O) groups is 2. The number of methoxy groups -OCH3 is 1. The molecule has 6 nitrogen and oxygen atoms in total. The number of rotatable bonds is 6. The Balaban J connectivity index is 1.24. The van der Waals surface area contributed by atoms with Crippen LogP contribution in [0.2, 0.25) is 0 Å². The van der Waals surface area contributed by atoms with Crippen LogP contribution in [0.3, 0.4) is 0 Å². The van der Waals surface area contributed by atoms with Crippen LogP contribution in [0, 0.1) is 0 Å². The lowest BCUT2D eigenvalue weighted by molar-refractivity contribution is -0.118. The molecular formula is C25H29N3O3. The summed E-state index contributed by atoms with van der Waals surface area (Å²) in [4.78, 5) is 28.3. The van der Waals surface area contributed by atoms with Crippen molar-refractivity contribution in [3.63, 3.8) is 0 Å². The molecule has 0 unspecified atom stereocenters. The van der Waals surface area contributed by atoms with Crippen LogP contribution < -0.4 is 19.9 Å². The van der Waals surface area contributed by atoms with Gasteiger partial charge in [-0.2, -0.15) is 0 Å². The van der Waals surface area contributed by atoms with Gasteiger partial charge in [-0.1, -0.05) is 12.1 Å². The summed E-state index contributed by atoms with van der Waals surface area (Å²) in [5, 5.41) is 3.12. The van der Waals surface area contributed by atoms with E-state index < -0.39 is 0 Å². The number of hydrogen-bond acceptors (Lipinski definition) is 4. The fourth-order valence-corrected chi connectivity index (χ4v) is 4.18. The molecule has 2 aromatic rings. The van der Waals surface area contributed by atoms with Gasteiger partial charge in [0.1, 0.15) is 5.75 Å². The molecule has 31 heavy (non-hydrogen) atoms. The van der Waals surface area contributed by atoms with E-state index in [-0.39, 0.29) is 17.9 Å². The van der Waals surface area contributed by atoms with Gasteiger partial charge < -0.3 is 19.9 Å². The summed E-state index contributed by atoms with van der Waals surface area (Å²) < 4.78 is 5.22. The minimum atomic E-state index is -0.0679. The van der Waals surface area contributed by atoms with Crippen LogP contribution in [0.25, 0.3) is 6.08 Å². The summed E-state index contributed by atoms with van der Waals surface area (Å²) >= 11 is 0. The van der Waals surface area contributed by atoms with Gasteiger partial charge in [-0.15, -0.1) is 0 Å². The van der Waals surface area contributed by atoms with Crippen molar-refractivity contribution in [2.24, 2.45) is 0 Å². The van der Waals surface area contributed by atoms with Crippen molar-refractivity contribution in [1.82, 2.24) is 5.32 Å². The maximum Gasteiger partial charge on any atom is 0.244 e. The fraction of sp³-hybridized carbons (Fsp3) is 0.360. The number of nitrogens with one attached hydrogen (secondary N) is 1. The molecule has 1 N–H and O–H groups in total. The van der Waals surface area contributed by atoms with Crippen LogP contribution in [-0.4, -0.2) is 44.6 Å². The molecule has 0 aromatic heterocycles. The number of piperidine rings is 1. The third-order valence-electron chi connectivity index (χ3n) is 5.98. The molecule has 0 spiro atoms. The monoisotopic (exact) mass is 419 g/mol. The van der Waals surface area contributed by atoms with E-state index in [2.05, 4.69) is 22.3 Å². The van der Waals surface area contributed by atoms with E-state index in [4.69, 9.17) is 4.74 Å². The highest BCUT2D eigenvalue weighted by Crippen LogP contribution is 2.23. The molecule has 0 atom stereocenters. The Morgan fingerprint density at radius 1 is 1.00 bits per heavy atom. The first-order chi connectivity index (χ1) is 15.1. The summed E-state index contributed by atoms with van der Waals surface area (Å²) in [6.07, 6.45) is 6.79. The molecule has 6 heteroatoms. The second kappa shape index (κ2) is 9.69. The van der Waals surface area contributed by atoms with Gasteiger partial charge >= 0.3 is 0 Å². The maximum absolute atomic E-state index is 12.3. The number of ether oxygens (including phenoxy) is 1. The van der Waals surface area contributed by atoms with E-state index in [1.54, 1.807) is 13.2 Å². The molecule has 2 saturated heterocycles. The van der Waals surface area contributed by atoms with Crippen molar-refractivity contribution in [3.8, 4) is 5.75 Å². The molecule has 2 amide bonds. The standard InChI is InChI=1S/C25H29N3O3/c1-31-23-11-9-21(10-12-23)27-17-14-20(15-18-27)26-24(29)13-6-19-4-7-22(8-5-19)28-16-2-3-25(28)30/h4-13,20H,2-3,14-18H2,1H3,(H,26,29)/b13-6+. The predicted octanol–water partition coefficient (Wildman–Crippen LogP) is 3.62. The largest absolute Gasteiger partial charge is 0.497 e. The topological polar surface area (TPSA) is 61.9 Å². The van der Waals surface area contributed by atoms with Crippen molar-refractivity contribution in [3.05, 3.63) is 60.2 Å². The third-order valence-corrected chi connectivity index (χ3v) is 5.98. The highest BCUT2D eigenvalue weighted by Gasteiger charge is 2.22. The Labute approximate surface area is 183 Å². The van der Waals surface area contributed by atoms with E-state index in [1.807, 2.05) is 47.4 Å². The minimum Gasteiger partial charge on any atom is -0.497 e. The zero-order valence-corrected chi connectivity index (χ0v) is 17.9. The van der Waals surface area contributed by atoms with E-state index in [0.717, 1.165) is 55.9 Å². The summed E-state index contributed by atoms with van der Waals surface area (Å²) in [7, 11) is 1.67. The van der Waals surface area contributed by atoms with Crippen molar-refractivity contribution in [1.29, 1.82) is 0 Å². The van der Waals surface area contributed by atoms with Crippen molar-refractivity contribution in [2.45, 2.75) is 31.7 Å². The predicted molar refractivity (Wildman–Crippen MR) is 123 cm³/mol. The van der Waals surface area contributed by atoms with Gasteiger partial charge in [0.25, 0.3) is 0 Å². The third kappa shape index (κ3) is 5.26. The molecule has 2 heterocycles. The van der Waals surface area contributed by atoms with Gasteiger partial charge in [-0.3, -0.25) is 9.59 Å². The van der Waals surface area contributed by atoms with E-state index in [9.17, 15) is 9.59 Å². The number of amides is 2. The van der Waals surface area contributed by atoms with E-state index >= 15 is 0 Å². The number of carbonyl (C=O) groups excluding carboxylic acids is 2. The SMILES string of the molecule is COc1ccc(N2CCC(NC(=O)/C=C/c3ccc(N4CCCC4=O)cc3)CC2)cc1. The van der Waals surface area contributed by atoms with E-state index in [0.29, 0.717) is 6.42 Å². The van der Waals surface area contributed by atoms with Crippen LogP contribution in [0.1, 0.15) is 31.2 Å². The number of benzene rings is 2. The van der Waals surface area contributed by atoms with Crippen LogP contribution in [0.15, 0.2) is 54.6 Å². The van der Waals surface area contributed by atoms with Gasteiger partial charge in [0.05, 0.1) is 7.11 Å². The number of anilines is 2. The molecule has 162 valence electrons. The van der Waals surface area contributed by atoms with E-state index in [1.165, 1.54) is 5.69 Å². The first-order valence-corrected chi connectivity index (χ1v) is 10.9. The second-order valence-corrected chi connectivity index (χ2v) is 8.04. The molecule has 2 aromatic carbocycles. The molecule has 0 saturated carbocycles. The van der Waals surface area contributed by atoms with Gasteiger partial charge in [0.2, 0.25) is 11.8 Å². The quantitative estimate of drug-likeness (QED) is 0.727. The van der Waals surface area contributed by atoms with Crippen LogP contribution >= 0.6 is 0 Å². The van der Waals surface area contributed by atoms with Gasteiger partial charge in [-0.25, -0.2) is 0 Å². The van der Waals surface area contributed by atoms with Crippen LogP contribution in [0.5, 0.6) is 5.75 Å². The summed E-state index contributed by atoms with van der Waals surface area (Å²) in [6.45, 7) is 2.61. The number of nitrogens with zero attached hydrogens (tertiary/aromatic N) is 2. The van der Waals surface area contributed by atoms with Crippen molar-refractivity contribution in [2.75, 3.05) is 36.5 Å². The second-order valence-electron chi connectivity index (χ2n) is 8.04. The molecule has 0 aliphatic carbocycles. The highest BCUT2D eigenvalue weighted by atomic mass is 16.5. The first-order valence-electron chi connectivity index (χ1n) is 10.9. The van der Waals surface area contributed by atoms with Crippen molar-refractivity contribution < 1.29 is 14.3 Å². The lowest BCUT2D eigenvalue weighted by Gasteiger charge is -2.33. The van der Waals surface area contributed by atoms with Crippen LogP contribution in [0.4, 0.5) is 11.4 Å². The van der Waals surface area contributed by atoms with Crippen molar-refractivity contribution >= 4 is 29.3 Å². The Bertz CT molecular complexity index is 929. The minimum absolute atomic E-state index is 0.0679. The maximum atomic E-state index is 12.3. The van der Waals surface area contributed by atoms with Gasteiger partial charge in [-0.05, 0) is 67.3 Å². The lowest BCUT2D eigenvalue weighted by Crippen LogP contribution is -2.44. The first kappa shape index (κ1) is 21.0. The highest BCUT2D eigenvalue weighted by molar-refractivity contribution is 5.95. The molecule has 4 rings (SSSR count). The zero-order chi connectivity index (χ0) is 21.6. The summed E-state index contributed by atoms with van der Waals surface area (Å²) in [6, 6.07) is 16.1. The molecule has 0 bridgehead atoms. The normalized spacial score (nSPS) is 17.4. The summed E-state index contributed by atoms with van der Waals surface area (Å²) in [5.74, 6) is 0.972. The smallest absolute Gasteiger partial charge is 0.244 e.